The maximum atomic E-state index is 5.80. The van der Waals surface area contributed by atoms with E-state index in [1.165, 1.54) is 0 Å². The maximum absolute atomic E-state index is 5.80. The summed E-state index contributed by atoms with van der Waals surface area (Å²) in [6.07, 6.45) is 3.56. The number of aromatic nitrogens is 4. The molecule has 0 aliphatic heterocycles. The zero-order valence-electron chi connectivity index (χ0n) is 13.2. The highest BCUT2D eigenvalue weighted by atomic mass is 16.5. The first-order valence-corrected chi connectivity index (χ1v) is 7.43. The summed E-state index contributed by atoms with van der Waals surface area (Å²) < 4.78 is 7.55. The average molecular weight is 309 g/mol. The van der Waals surface area contributed by atoms with Gasteiger partial charge in [-0.05, 0) is 30.7 Å². The summed E-state index contributed by atoms with van der Waals surface area (Å²) in [6.45, 7) is 3.07. The lowest BCUT2D eigenvalue weighted by atomic mass is 10.2. The van der Waals surface area contributed by atoms with E-state index >= 15 is 0 Å². The van der Waals surface area contributed by atoms with Gasteiger partial charge in [0, 0.05) is 31.5 Å². The van der Waals surface area contributed by atoms with E-state index in [1.807, 2.05) is 50.4 Å². The van der Waals surface area contributed by atoms with E-state index in [0.29, 0.717) is 19.1 Å². The number of ether oxygens (including phenoxy) is 1. The molecule has 0 bridgehead atoms. The van der Waals surface area contributed by atoms with Crippen LogP contribution in [-0.2, 0) is 20.2 Å². The smallest absolute Gasteiger partial charge is 0.242 e. The van der Waals surface area contributed by atoms with Crippen LogP contribution in [0.2, 0.25) is 0 Å². The molecule has 0 aliphatic carbocycles. The first kappa shape index (κ1) is 15.0. The first-order valence-electron chi connectivity index (χ1n) is 7.43. The third-order valence-electron chi connectivity index (χ3n) is 3.46. The Labute approximate surface area is 135 Å². The molecule has 2 heterocycles. The van der Waals surface area contributed by atoms with Gasteiger partial charge in [-0.15, -0.1) is 5.10 Å². The highest BCUT2D eigenvalue weighted by molar-refractivity contribution is 5.32. The average Bonchev–Trinajstić information content (AvgIpc) is 2.91. The molecule has 0 unspecified atom stereocenters. The van der Waals surface area contributed by atoms with Crippen LogP contribution in [0, 0.1) is 6.92 Å². The summed E-state index contributed by atoms with van der Waals surface area (Å²) in [6, 6.07) is 11.9. The largest absolute Gasteiger partial charge is 0.489 e. The molecule has 0 spiro atoms. The summed E-state index contributed by atoms with van der Waals surface area (Å²) in [5.74, 6) is 2.34. The second-order valence-electron chi connectivity index (χ2n) is 5.26. The van der Waals surface area contributed by atoms with Crippen molar-refractivity contribution >= 4 is 5.95 Å². The van der Waals surface area contributed by atoms with E-state index in [4.69, 9.17) is 4.74 Å². The van der Waals surface area contributed by atoms with E-state index in [0.717, 1.165) is 22.7 Å². The van der Waals surface area contributed by atoms with Gasteiger partial charge in [-0.1, -0.05) is 18.2 Å². The molecule has 0 fully saturated rings. The molecular weight excluding hydrogens is 290 g/mol. The number of hydrogen-bond donors (Lipinski definition) is 1. The van der Waals surface area contributed by atoms with Crippen molar-refractivity contribution in [3.05, 3.63) is 65.7 Å². The molecule has 118 valence electrons. The van der Waals surface area contributed by atoms with Crippen LogP contribution in [0.5, 0.6) is 5.75 Å². The van der Waals surface area contributed by atoms with Crippen molar-refractivity contribution in [3.63, 3.8) is 0 Å². The van der Waals surface area contributed by atoms with Crippen LogP contribution in [0.3, 0.4) is 0 Å². The lowest BCUT2D eigenvalue weighted by Crippen LogP contribution is -2.02. The fourth-order valence-electron chi connectivity index (χ4n) is 2.11. The summed E-state index contributed by atoms with van der Waals surface area (Å²) >= 11 is 0. The van der Waals surface area contributed by atoms with E-state index in [9.17, 15) is 0 Å². The molecular formula is C17H19N5O. The number of rotatable bonds is 6. The van der Waals surface area contributed by atoms with Crippen LogP contribution in [0.25, 0.3) is 0 Å². The van der Waals surface area contributed by atoms with Gasteiger partial charge < -0.3 is 10.1 Å². The number of hydrogen-bond acceptors (Lipinski definition) is 5. The van der Waals surface area contributed by atoms with Gasteiger partial charge in [-0.2, -0.15) is 4.98 Å². The maximum Gasteiger partial charge on any atom is 0.242 e. The van der Waals surface area contributed by atoms with Crippen molar-refractivity contribution in [3.8, 4) is 5.75 Å². The number of benzene rings is 1. The number of nitrogens with zero attached hydrogens (tertiary/aromatic N) is 4. The lowest BCUT2D eigenvalue weighted by molar-refractivity contribution is 0.305. The van der Waals surface area contributed by atoms with Crippen LogP contribution in [0.1, 0.15) is 17.0 Å². The third kappa shape index (κ3) is 4.06. The normalized spacial score (nSPS) is 10.5. The molecule has 0 aliphatic rings. The molecule has 0 radical (unpaired) electrons. The Morgan fingerprint density at radius 3 is 2.78 bits per heavy atom. The fourth-order valence-corrected chi connectivity index (χ4v) is 2.11. The van der Waals surface area contributed by atoms with E-state index in [-0.39, 0.29) is 0 Å². The minimum atomic E-state index is 0.506. The second-order valence-corrected chi connectivity index (χ2v) is 5.26. The molecule has 3 aromatic rings. The van der Waals surface area contributed by atoms with Crippen molar-refractivity contribution < 1.29 is 4.74 Å². The molecule has 1 aromatic carbocycles. The molecule has 6 heteroatoms. The molecule has 0 amide bonds. The third-order valence-corrected chi connectivity index (χ3v) is 3.46. The molecule has 6 nitrogen and oxygen atoms in total. The fraction of sp³-hybridized carbons (Fsp3) is 0.235. The van der Waals surface area contributed by atoms with Gasteiger partial charge in [0.15, 0.2) is 0 Å². The highest BCUT2D eigenvalue weighted by Gasteiger charge is 2.03. The van der Waals surface area contributed by atoms with E-state index in [2.05, 4.69) is 20.4 Å². The van der Waals surface area contributed by atoms with E-state index in [1.54, 1.807) is 17.1 Å². The van der Waals surface area contributed by atoms with Crippen molar-refractivity contribution in [2.75, 3.05) is 5.32 Å². The number of pyridine rings is 1. The van der Waals surface area contributed by atoms with Crippen molar-refractivity contribution in [1.82, 2.24) is 19.7 Å². The molecule has 23 heavy (non-hydrogen) atoms. The number of aryl methyl sites for hydroxylation is 2. The second kappa shape index (κ2) is 6.91. The van der Waals surface area contributed by atoms with Gasteiger partial charge in [-0.25, -0.2) is 0 Å². The minimum absolute atomic E-state index is 0.506. The molecule has 3 rings (SSSR count). The van der Waals surface area contributed by atoms with Crippen LogP contribution in [0.15, 0.2) is 48.8 Å². The minimum Gasteiger partial charge on any atom is -0.489 e. The van der Waals surface area contributed by atoms with Crippen molar-refractivity contribution in [1.29, 1.82) is 0 Å². The Kier molecular flexibility index (Phi) is 4.52. The highest BCUT2D eigenvalue weighted by Crippen LogP contribution is 2.16. The zero-order valence-corrected chi connectivity index (χ0v) is 13.2. The van der Waals surface area contributed by atoms with Gasteiger partial charge in [0.25, 0.3) is 0 Å². The number of anilines is 1. The van der Waals surface area contributed by atoms with Gasteiger partial charge >= 0.3 is 0 Å². The van der Waals surface area contributed by atoms with Crippen LogP contribution in [-0.4, -0.2) is 19.7 Å². The lowest BCUT2D eigenvalue weighted by Gasteiger charge is -2.08. The number of nitrogens with one attached hydrogen (secondary N) is 1. The Morgan fingerprint density at radius 2 is 2.04 bits per heavy atom. The van der Waals surface area contributed by atoms with Gasteiger partial charge in [0.05, 0.1) is 0 Å². The predicted octanol–water partition coefficient (Wildman–Crippen LogP) is 2.71. The quantitative estimate of drug-likeness (QED) is 0.758. The van der Waals surface area contributed by atoms with Gasteiger partial charge in [0.2, 0.25) is 5.95 Å². The molecule has 1 N–H and O–H groups in total. The summed E-state index contributed by atoms with van der Waals surface area (Å²) in [4.78, 5) is 8.41. The topological polar surface area (TPSA) is 64.9 Å². The summed E-state index contributed by atoms with van der Waals surface area (Å²) in [7, 11) is 1.88. The molecule has 0 atom stereocenters. The Bertz CT molecular complexity index is 750. The van der Waals surface area contributed by atoms with Gasteiger partial charge in [-0.3, -0.25) is 9.67 Å². The SMILES string of the molecule is Cc1nc(NCc2cccc(OCc3cccnc3)c2)nn1C. The van der Waals surface area contributed by atoms with Crippen LogP contribution < -0.4 is 10.1 Å². The predicted molar refractivity (Wildman–Crippen MR) is 88.1 cm³/mol. The monoisotopic (exact) mass is 309 g/mol. The Morgan fingerprint density at radius 1 is 1.17 bits per heavy atom. The van der Waals surface area contributed by atoms with Crippen LogP contribution in [0.4, 0.5) is 5.95 Å². The first-order chi connectivity index (χ1) is 11.2. The standard InChI is InChI=1S/C17H19N5O/c1-13-20-17(21-22(13)2)19-11-14-5-3-7-16(9-14)23-12-15-6-4-8-18-10-15/h3-10H,11-12H2,1-2H3,(H,19,21). The zero-order chi connectivity index (χ0) is 16.1. The molecule has 0 saturated carbocycles. The Hall–Kier alpha value is -2.89. The summed E-state index contributed by atoms with van der Waals surface area (Å²) in [5, 5.41) is 7.49. The molecule has 2 aromatic heterocycles. The van der Waals surface area contributed by atoms with Crippen molar-refractivity contribution in [2.45, 2.75) is 20.1 Å². The van der Waals surface area contributed by atoms with Crippen LogP contribution >= 0.6 is 0 Å². The van der Waals surface area contributed by atoms with Gasteiger partial charge in [0.1, 0.15) is 18.2 Å². The molecule has 0 saturated heterocycles. The van der Waals surface area contributed by atoms with E-state index < -0.39 is 0 Å². The van der Waals surface area contributed by atoms with Crippen molar-refractivity contribution in [2.24, 2.45) is 7.05 Å². The Balaban J connectivity index is 1.58. The summed E-state index contributed by atoms with van der Waals surface area (Å²) in [5.41, 5.74) is 2.16.